The first-order chi connectivity index (χ1) is 18.4. The number of aromatic amines is 2. The molecule has 38 heavy (non-hydrogen) atoms. The number of halogens is 1. The number of nitrogens with one attached hydrogen (secondary N) is 3. The second-order valence-corrected chi connectivity index (χ2v) is 9.61. The molecule has 0 bridgehead atoms. The number of H-pyrrole nitrogens is 2. The molecular weight excluding hydrogens is 479 g/mol. The van der Waals surface area contributed by atoms with Crippen LogP contribution in [0.1, 0.15) is 20.3 Å². The SMILES string of the molecule is C=C(CC(C)C)Nc1cncc(-c2ccc3[nH]nc(-c4nc5c(-c6cccc(F)c6)nccc5[nH]4)c3n2)c1. The molecule has 9 heteroatoms. The molecule has 5 aromatic heterocycles. The average molecular weight is 505 g/mol. The van der Waals surface area contributed by atoms with Crippen molar-refractivity contribution >= 4 is 27.8 Å². The Kier molecular flexibility index (Phi) is 5.88. The lowest BCUT2D eigenvalue weighted by Gasteiger charge is -2.12. The fourth-order valence-electron chi connectivity index (χ4n) is 4.52. The normalized spacial score (nSPS) is 11.5. The van der Waals surface area contributed by atoms with Crippen LogP contribution in [-0.2, 0) is 0 Å². The van der Waals surface area contributed by atoms with Crippen molar-refractivity contribution in [1.82, 2.24) is 35.1 Å². The number of imidazole rings is 1. The summed E-state index contributed by atoms with van der Waals surface area (Å²) in [5.41, 5.74) is 8.09. The van der Waals surface area contributed by atoms with E-state index in [2.05, 4.69) is 50.9 Å². The number of benzene rings is 1. The zero-order chi connectivity index (χ0) is 26.2. The van der Waals surface area contributed by atoms with Crippen molar-refractivity contribution in [2.45, 2.75) is 20.3 Å². The maximum atomic E-state index is 13.9. The monoisotopic (exact) mass is 504 g/mol. The highest BCUT2D eigenvalue weighted by Crippen LogP contribution is 2.31. The van der Waals surface area contributed by atoms with Gasteiger partial charge in [0.1, 0.15) is 16.9 Å². The molecule has 1 aromatic carbocycles. The lowest BCUT2D eigenvalue weighted by atomic mass is 10.1. The van der Waals surface area contributed by atoms with Crippen LogP contribution in [0.15, 0.2) is 79.4 Å². The van der Waals surface area contributed by atoms with E-state index >= 15 is 0 Å². The highest BCUT2D eigenvalue weighted by molar-refractivity contribution is 5.95. The molecule has 6 rings (SSSR count). The third-order valence-electron chi connectivity index (χ3n) is 6.14. The number of anilines is 1. The fraction of sp³-hybridized carbons (Fsp3) is 0.138. The third kappa shape index (κ3) is 4.50. The van der Waals surface area contributed by atoms with Gasteiger partial charge in [-0.05, 0) is 48.7 Å². The van der Waals surface area contributed by atoms with Crippen LogP contribution in [0.25, 0.3) is 56.1 Å². The second kappa shape index (κ2) is 9.51. The quantitative estimate of drug-likeness (QED) is 0.222. The molecule has 0 unspecified atom stereocenters. The smallest absolute Gasteiger partial charge is 0.161 e. The molecule has 0 radical (unpaired) electrons. The number of nitrogens with zero attached hydrogens (tertiary/aromatic N) is 5. The van der Waals surface area contributed by atoms with Crippen molar-refractivity contribution in [2.24, 2.45) is 5.92 Å². The predicted octanol–water partition coefficient (Wildman–Crippen LogP) is 6.74. The molecule has 0 aliphatic carbocycles. The number of allylic oxidation sites excluding steroid dienone is 1. The van der Waals surface area contributed by atoms with Crippen molar-refractivity contribution in [2.75, 3.05) is 5.32 Å². The van der Waals surface area contributed by atoms with Gasteiger partial charge >= 0.3 is 0 Å². The largest absolute Gasteiger partial charge is 0.358 e. The van der Waals surface area contributed by atoms with Crippen molar-refractivity contribution < 1.29 is 4.39 Å². The van der Waals surface area contributed by atoms with Gasteiger partial charge < -0.3 is 10.3 Å². The van der Waals surface area contributed by atoms with E-state index in [0.717, 1.165) is 40.1 Å². The first kappa shape index (κ1) is 23.5. The molecule has 6 aromatic rings. The van der Waals surface area contributed by atoms with E-state index in [4.69, 9.17) is 9.97 Å². The molecule has 8 nitrogen and oxygen atoms in total. The average Bonchev–Trinajstić information content (AvgIpc) is 3.52. The van der Waals surface area contributed by atoms with Gasteiger partial charge in [-0.2, -0.15) is 5.10 Å². The Hall–Kier alpha value is -4.92. The number of pyridine rings is 3. The third-order valence-corrected chi connectivity index (χ3v) is 6.14. The van der Waals surface area contributed by atoms with Gasteiger partial charge in [0.2, 0.25) is 0 Å². The number of fused-ring (bicyclic) bond motifs is 2. The summed E-state index contributed by atoms with van der Waals surface area (Å²) in [7, 11) is 0. The van der Waals surface area contributed by atoms with Crippen molar-refractivity contribution in [3.05, 3.63) is 85.2 Å². The molecule has 188 valence electrons. The molecule has 0 amide bonds. The molecule has 0 spiro atoms. The van der Waals surface area contributed by atoms with Crippen molar-refractivity contribution in [3.63, 3.8) is 0 Å². The van der Waals surface area contributed by atoms with E-state index in [0.29, 0.717) is 39.7 Å². The van der Waals surface area contributed by atoms with E-state index in [-0.39, 0.29) is 5.82 Å². The minimum Gasteiger partial charge on any atom is -0.358 e. The van der Waals surface area contributed by atoms with Crippen molar-refractivity contribution in [3.8, 4) is 34.0 Å². The Morgan fingerprint density at radius 2 is 1.84 bits per heavy atom. The van der Waals surface area contributed by atoms with Crippen LogP contribution in [0.2, 0.25) is 0 Å². The lowest BCUT2D eigenvalue weighted by molar-refractivity contribution is 0.628. The van der Waals surface area contributed by atoms with Gasteiger partial charge in [0.05, 0.1) is 34.3 Å². The number of aromatic nitrogens is 7. The van der Waals surface area contributed by atoms with E-state index < -0.39 is 0 Å². The highest BCUT2D eigenvalue weighted by Gasteiger charge is 2.18. The summed E-state index contributed by atoms with van der Waals surface area (Å²) in [5, 5.41) is 10.9. The Labute approximate surface area is 218 Å². The first-order valence-corrected chi connectivity index (χ1v) is 12.3. The van der Waals surface area contributed by atoms with Gasteiger partial charge in [0.25, 0.3) is 0 Å². The van der Waals surface area contributed by atoms with Crippen LogP contribution in [0.5, 0.6) is 0 Å². The Morgan fingerprint density at radius 1 is 0.974 bits per heavy atom. The Morgan fingerprint density at radius 3 is 2.68 bits per heavy atom. The standard InChI is InChI=1S/C29H25FN8/c1-16(2)11-17(3)33-21-13-19(14-31-15-21)22-7-8-24-27(34-22)28(38-37-24)29-35-23-9-10-32-25(26(23)36-29)18-5-4-6-20(30)12-18/h4-10,12-16,33H,3,11H2,1-2H3,(H,35,36)(H,37,38). The lowest BCUT2D eigenvalue weighted by Crippen LogP contribution is -2.02. The minimum absolute atomic E-state index is 0.329. The molecule has 0 saturated heterocycles. The van der Waals surface area contributed by atoms with Crippen LogP contribution < -0.4 is 5.32 Å². The van der Waals surface area contributed by atoms with Gasteiger partial charge in [-0.1, -0.05) is 32.6 Å². The Bertz CT molecular complexity index is 1800. The molecular formula is C29H25FN8. The molecule has 0 aliphatic rings. The zero-order valence-electron chi connectivity index (χ0n) is 21.0. The maximum Gasteiger partial charge on any atom is 0.161 e. The van der Waals surface area contributed by atoms with Crippen LogP contribution in [-0.4, -0.2) is 35.1 Å². The summed E-state index contributed by atoms with van der Waals surface area (Å²) in [5.74, 6) is 0.721. The minimum atomic E-state index is -0.329. The molecule has 0 saturated carbocycles. The molecule has 0 fully saturated rings. The summed E-state index contributed by atoms with van der Waals surface area (Å²) in [6.07, 6.45) is 6.10. The summed E-state index contributed by atoms with van der Waals surface area (Å²) < 4.78 is 13.9. The number of rotatable bonds is 7. The van der Waals surface area contributed by atoms with E-state index in [1.807, 2.05) is 30.3 Å². The van der Waals surface area contributed by atoms with Gasteiger partial charge in [-0.15, -0.1) is 0 Å². The summed E-state index contributed by atoms with van der Waals surface area (Å²) in [6.45, 7) is 8.43. The molecule has 0 aliphatic heterocycles. The maximum absolute atomic E-state index is 13.9. The number of hydrogen-bond donors (Lipinski definition) is 3. The van der Waals surface area contributed by atoms with Crippen LogP contribution >= 0.6 is 0 Å². The Balaban J connectivity index is 1.38. The van der Waals surface area contributed by atoms with Gasteiger partial charge in [0, 0.05) is 29.2 Å². The topological polar surface area (TPSA) is 108 Å². The molecule has 5 heterocycles. The van der Waals surface area contributed by atoms with Crippen molar-refractivity contribution in [1.29, 1.82) is 0 Å². The van der Waals surface area contributed by atoms with Crippen LogP contribution in [0, 0.1) is 11.7 Å². The van der Waals surface area contributed by atoms with Gasteiger partial charge in [-0.25, -0.2) is 14.4 Å². The van der Waals surface area contributed by atoms with E-state index in [1.54, 1.807) is 24.7 Å². The summed E-state index contributed by atoms with van der Waals surface area (Å²) in [6, 6.07) is 14.0. The molecule has 3 N–H and O–H groups in total. The highest BCUT2D eigenvalue weighted by atomic mass is 19.1. The molecule has 0 atom stereocenters. The first-order valence-electron chi connectivity index (χ1n) is 12.3. The second-order valence-electron chi connectivity index (χ2n) is 9.61. The van der Waals surface area contributed by atoms with Crippen LogP contribution in [0.3, 0.4) is 0 Å². The van der Waals surface area contributed by atoms with Gasteiger partial charge in [-0.3, -0.25) is 15.1 Å². The fourth-order valence-corrected chi connectivity index (χ4v) is 4.52. The number of hydrogen-bond acceptors (Lipinski definition) is 6. The predicted molar refractivity (Wildman–Crippen MR) is 148 cm³/mol. The van der Waals surface area contributed by atoms with Crippen LogP contribution in [0.4, 0.5) is 10.1 Å². The summed E-state index contributed by atoms with van der Waals surface area (Å²) >= 11 is 0. The van der Waals surface area contributed by atoms with E-state index in [1.165, 1.54) is 12.1 Å². The van der Waals surface area contributed by atoms with E-state index in [9.17, 15) is 4.39 Å². The zero-order valence-corrected chi connectivity index (χ0v) is 21.0. The van der Waals surface area contributed by atoms with Gasteiger partial charge in [0.15, 0.2) is 11.5 Å². The summed E-state index contributed by atoms with van der Waals surface area (Å²) in [4.78, 5) is 21.9.